The van der Waals surface area contributed by atoms with Crippen LogP contribution < -0.4 is 20.9 Å². The van der Waals surface area contributed by atoms with Crippen LogP contribution in [-0.2, 0) is 0 Å². The number of thiocarbonyl (C=S) groups is 1. The van der Waals surface area contributed by atoms with Crippen LogP contribution in [0.25, 0.3) is 0 Å². The Kier molecular flexibility index (Phi) is 5.48. The van der Waals surface area contributed by atoms with Crippen LogP contribution in [0.1, 0.15) is 18.3 Å². The molecule has 0 saturated carbocycles. The molecule has 0 aliphatic heterocycles. The molecule has 6 nitrogen and oxygen atoms in total. The molecule has 0 saturated heterocycles. The fraction of sp³-hybridized carbons (Fsp3) is 0.267. The smallest absolute Gasteiger partial charge is 0.242 e. The van der Waals surface area contributed by atoms with Gasteiger partial charge < -0.3 is 10.1 Å². The predicted octanol–water partition coefficient (Wildman–Crippen LogP) is 2.81. The van der Waals surface area contributed by atoms with Crippen molar-refractivity contribution in [3.05, 3.63) is 41.7 Å². The second-order valence-electron chi connectivity index (χ2n) is 4.64. The first-order valence-corrected chi connectivity index (χ1v) is 7.36. The van der Waals surface area contributed by atoms with Gasteiger partial charge >= 0.3 is 0 Å². The largest absolute Gasteiger partial charge is 0.494 e. The summed E-state index contributed by atoms with van der Waals surface area (Å²) >= 11 is 5.21. The molecule has 22 heavy (non-hydrogen) atoms. The molecule has 2 aromatic rings. The molecular formula is C15H19N5OS. The highest BCUT2D eigenvalue weighted by molar-refractivity contribution is 7.80. The summed E-state index contributed by atoms with van der Waals surface area (Å²) < 4.78 is 5.39. The average Bonchev–Trinajstić information content (AvgIpc) is 2.47. The molecule has 0 unspecified atom stereocenters. The zero-order chi connectivity index (χ0) is 15.9. The molecule has 116 valence electrons. The Morgan fingerprint density at radius 2 is 1.77 bits per heavy atom. The standard InChI is InChI=1S/C15H19N5OS/c1-4-21-13-7-5-12(6-8-13)18-15(22)20-19-14-16-10(2)9-11(3)17-14/h5-9H,4H2,1-3H3,(H,16,17,19)(H2,18,20,22). The van der Waals surface area contributed by atoms with Crippen LogP contribution in [0.3, 0.4) is 0 Å². The summed E-state index contributed by atoms with van der Waals surface area (Å²) in [5.41, 5.74) is 8.38. The van der Waals surface area contributed by atoms with E-state index in [0.717, 1.165) is 22.8 Å². The first-order chi connectivity index (χ1) is 10.6. The highest BCUT2D eigenvalue weighted by atomic mass is 32.1. The Morgan fingerprint density at radius 3 is 2.36 bits per heavy atom. The van der Waals surface area contributed by atoms with E-state index in [1.54, 1.807) is 0 Å². The number of aryl methyl sites for hydroxylation is 2. The predicted molar refractivity (Wildman–Crippen MR) is 92.1 cm³/mol. The van der Waals surface area contributed by atoms with Crippen LogP contribution in [0.5, 0.6) is 5.75 Å². The number of hydrogen-bond acceptors (Lipinski definition) is 5. The van der Waals surface area contributed by atoms with E-state index in [4.69, 9.17) is 17.0 Å². The molecule has 0 aliphatic carbocycles. The fourth-order valence-corrected chi connectivity index (χ4v) is 2.03. The summed E-state index contributed by atoms with van der Waals surface area (Å²) in [4.78, 5) is 8.51. The molecule has 0 atom stereocenters. The normalized spacial score (nSPS) is 9.95. The number of ether oxygens (including phenoxy) is 1. The number of benzene rings is 1. The molecule has 0 fully saturated rings. The lowest BCUT2D eigenvalue weighted by atomic mass is 10.3. The third-order valence-electron chi connectivity index (χ3n) is 2.69. The molecule has 0 aliphatic rings. The zero-order valence-corrected chi connectivity index (χ0v) is 13.6. The van der Waals surface area contributed by atoms with Gasteiger partial charge in [0.2, 0.25) is 5.95 Å². The van der Waals surface area contributed by atoms with Crippen LogP contribution in [0, 0.1) is 13.8 Å². The van der Waals surface area contributed by atoms with Crippen molar-refractivity contribution in [2.45, 2.75) is 20.8 Å². The van der Waals surface area contributed by atoms with Gasteiger partial charge in [0.15, 0.2) is 5.11 Å². The molecule has 1 aromatic carbocycles. The Balaban J connectivity index is 1.87. The van der Waals surface area contributed by atoms with Crippen LogP contribution in [-0.4, -0.2) is 21.7 Å². The first kappa shape index (κ1) is 16.0. The minimum atomic E-state index is 0.423. The quantitative estimate of drug-likeness (QED) is 0.578. The van der Waals surface area contributed by atoms with E-state index >= 15 is 0 Å². The lowest BCUT2D eigenvalue weighted by molar-refractivity contribution is 0.340. The molecule has 0 radical (unpaired) electrons. The third kappa shape index (κ3) is 4.85. The highest BCUT2D eigenvalue weighted by Gasteiger charge is 2.01. The Bertz CT molecular complexity index is 625. The molecule has 3 N–H and O–H groups in total. The van der Waals surface area contributed by atoms with E-state index in [1.807, 2.05) is 51.1 Å². The Labute approximate surface area is 135 Å². The van der Waals surface area contributed by atoms with Crippen molar-refractivity contribution in [2.75, 3.05) is 17.3 Å². The molecule has 2 rings (SSSR count). The number of anilines is 2. The monoisotopic (exact) mass is 317 g/mol. The second kappa shape index (κ2) is 7.56. The van der Waals surface area contributed by atoms with Gasteiger partial charge in [-0.2, -0.15) is 0 Å². The number of hydrazine groups is 1. The van der Waals surface area contributed by atoms with E-state index in [0.29, 0.717) is 17.7 Å². The molecule has 0 amide bonds. The van der Waals surface area contributed by atoms with Gasteiger partial charge in [-0.1, -0.05) is 0 Å². The summed E-state index contributed by atoms with van der Waals surface area (Å²) in [5, 5.41) is 3.48. The first-order valence-electron chi connectivity index (χ1n) is 6.95. The molecular weight excluding hydrogens is 298 g/mol. The number of rotatable bonds is 5. The molecule has 0 bridgehead atoms. The van der Waals surface area contributed by atoms with Crippen LogP contribution >= 0.6 is 12.2 Å². The maximum Gasteiger partial charge on any atom is 0.242 e. The van der Waals surface area contributed by atoms with E-state index in [2.05, 4.69) is 26.1 Å². The van der Waals surface area contributed by atoms with Crippen molar-refractivity contribution in [2.24, 2.45) is 0 Å². The molecule has 7 heteroatoms. The van der Waals surface area contributed by atoms with Gasteiger partial charge in [-0.25, -0.2) is 9.97 Å². The number of nitrogens with zero attached hydrogens (tertiary/aromatic N) is 2. The van der Waals surface area contributed by atoms with E-state index in [9.17, 15) is 0 Å². The van der Waals surface area contributed by atoms with Gasteiger partial charge in [0, 0.05) is 17.1 Å². The maximum atomic E-state index is 5.39. The number of aromatic nitrogens is 2. The van der Waals surface area contributed by atoms with Gasteiger partial charge in [0.25, 0.3) is 0 Å². The highest BCUT2D eigenvalue weighted by Crippen LogP contribution is 2.15. The summed E-state index contributed by atoms with van der Waals surface area (Å²) in [7, 11) is 0. The number of hydrogen-bond donors (Lipinski definition) is 3. The number of nitrogens with one attached hydrogen (secondary N) is 3. The Hall–Kier alpha value is -2.41. The summed E-state index contributed by atoms with van der Waals surface area (Å²) in [5.74, 6) is 1.31. The van der Waals surface area contributed by atoms with Crippen LogP contribution in [0.4, 0.5) is 11.6 Å². The minimum absolute atomic E-state index is 0.423. The van der Waals surface area contributed by atoms with Crippen molar-refractivity contribution in [1.82, 2.24) is 15.4 Å². The van der Waals surface area contributed by atoms with Crippen molar-refractivity contribution in [3.8, 4) is 5.75 Å². The van der Waals surface area contributed by atoms with Gasteiger partial charge in [0.05, 0.1) is 6.61 Å². The SMILES string of the molecule is CCOc1ccc(NC(=S)NNc2nc(C)cc(C)n2)cc1. The fourth-order valence-electron chi connectivity index (χ4n) is 1.86. The minimum Gasteiger partial charge on any atom is -0.494 e. The van der Waals surface area contributed by atoms with Crippen LogP contribution in [0.15, 0.2) is 30.3 Å². The van der Waals surface area contributed by atoms with Gasteiger partial charge in [-0.3, -0.25) is 10.9 Å². The van der Waals surface area contributed by atoms with Crippen molar-refractivity contribution < 1.29 is 4.74 Å². The lowest BCUT2D eigenvalue weighted by Crippen LogP contribution is -2.34. The zero-order valence-electron chi connectivity index (χ0n) is 12.8. The molecule has 1 heterocycles. The average molecular weight is 317 g/mol. The molecule has 0 spiro atoms. The second-order valence-corrected chi connectivity index (χ2v) is 5.04. The van der Waals surface area contributed by atoms with Gasteiger partial charge in [-0.05, 0) is 63.3 Å². The van der Waals surface area contributed by atoms with Crippen molar-refractivity contribution >= 4 is 29.0 Å². The Morgan fingerprint density at radius 1 is 1.14 bits per heavy atom. The maximum absolute atomic E-state index is 5.39. The van der Waals surface area contributed by atoms with E-state index in [1.165, 1.54) is 0 Å². The van der Waals surface area contributed by atoms with E-state index < -0.39 is 0 Å². The lowest BCUT2D eigenvalue weighted by Gasteiger charge is -2.12. The third-order valence-corrected chi connectivity index (χ3v) is 2.90. The van der Waals surface area contributed by atoms with E-state index in [-0.39, 0.29) is 0 Å². The summed E-state index contributed by atoms with van der Waals surface area (Å²) in [6, 6.07) is 9.46. The topological polar surface area (TPSA) is 71.1 Å². The van der Waals surface area contributed by atoms with Gasteiger partial charge in [0.1, 0.15) is 5.75 Å². The van der Waals surface area contributed by atoms with Crippen LogP contribution in [0.2, 0.25) is 0 Å². The van der Waals surface area contributed by atoms with Crippen molar-refractivity contribution in [3.63, 3.8) is 0 Å². The summed E-state index contributed by atoms with van der Waals surface area (Å²) in [6.07, 6.45) is 0. The molecule has 1 aromatic heterocycles. The van der Waals surface area contributed by atoms with Gasteiger partial charge in [-0.15, -0.1) is 0 Å². The summed E-state index contributed by atoms with van der Waals surface area (Å²) in [6.45, 7) is 6.42. The van der Waals surface area contributed by atoms with Crippen molar-refractivity contribution in [1.29, 1.82) is 0 Å².